The summed E-state index contributed by atoms with van der Waals surface area (Å²) < 4.78 is 1.88. The largest absolute Gasteiger partial charge is 0.361 e. The van der Waals surface area contributed by atoms with Gasteiger partial charge in [-0.25, -0.2) is 4.98 Å². The lowest BCUT2D eigenvalue weighted by molar-refractivity contribution is 0.707. The first-order valence-electron chi connectivity index (χ1n) is 5.06. The Morgan fingerprint density at radius 2 is 2.41 bits per heavy atom. The molecule has 2 aromatic rings. The number of halogens is 1. The summed E-state index contributed by atoms with van der Waals surface area (Å²) in [5, 5.41) is 10.7. The highest BCUT2D eigenvalue weighted by molar-refractivity contribution is 6.32. The van der Waals surface area contributed by atoms with Gasteiger partial charge in [0, 0.05) is 6.54 Å². The molecule has 90 valence electrons. The van der Waals surface area contributed by atoms with Gasteiger partial charge in [-0.1, -0.05) is 11.6 Å². The van der Waals surface area contributed by atoms with Crippen LogP contribution in [-0.2, 0) is 13.1 Å². The first-order chi connectivity index (χ1) is 8.22. The number of nitrogens with zero attached hydrogens (tertiary/aromatic N) is 4. The summed E-state index contributed by atoms with van der Waals surface area (Å²) in [5.41, 5.74) is -0.374. The number of nitrogens with one attached hydrogen (secondary N) is 2. The minimum absolute atomic E-state index is 0.0371. The van der Waals surface area contributed by atoms with Crippen molar-refractivity contribution in [1.29, 1.82) is 0 Å². The molecule has 0 unspecified atom stereocenters. The van der Waals surface area contributed by atoms with Gasteiger partial charge in [0.05, 0.1) is 12.9 Å². The molecule has 0 aliphatic rings. The quantitative estimate of drug-likeness (QED) is 0.836. The Labute approximate surface area is 102 Å². The van der Waals surface area contributed by atoms with Crippen LogP contribution >= 0.6 is 11.6 Å². The van der Waals surface area contributed by atoms with E-state index in [1.54, 1.807) is 6.33 Å². The number of aryl methyl sites for hydroxylation is 1. The lowest BCUT2D eigenvalue weighted by atomic mass is 10.5. The fourth-order valence-corrected chi connectivity index (χ4v) is 1.52. The second-order valence-electron chi connectivity index (χ2n) is 3.28. The van der Waals surface area contributed by atoms with E-state index < -0.39 is 0 Å². The predicted molar refractivity (Wildman–Crippen MR) is 62.9 cm³/mol. The van der Waals surface area contributed by atoms with Crippen molar-refractivity contribution in [3.8, 4) is 0 Å². The molecule has 0 amide bonds. The van der Waals surface area contributed by atoms with E-state index in [0.29, 0.717) is 12.4 Å². The number of anilines is 1. The molecule has 2 rings (SSSR count). The standard InChI is InChI=1S/C9H11ClN6O/c1-2-16-5-14-15-6(16)3-11-8-7(10)9(17)13-4-12-8/h4-5H,2-3H2,1H3,(H2,11,12,13,17). The van der Waals surface area contributed by atoms with Gasteiger partial charge in [0.2, 0.25) is 0 Å². The summed E-state index contributed by atoms with van der Waals surface area (Å²) in [7, 11) is 0. The average molecular weight is 255 g/mol. The van der Waals surface area contributed by atoms with Crippen LogP contribution in [0, 0.1) is 0 Å². The first kappa shape index (κ1) is 11.6. The molecule has 0 bridgehead atoms. The Balaban J connectivity index is 2.13. The third-order valence-corrected chi connectivity index (χ3v) is 2.60. The number of aromatic nitrogens is 5. The van der Waals surface area contributed by atoms with Crippen molar-refractivity contribution >= 4 is 17.4 Å². The molecule has 0 atom stereocenters. The lowest BCUT2D eigenvalue weighted by Gasteiger charge is -2.06. The zero-order valence-electron chi connectivity index (χ0n) is 9.14. The molecule has 0 aliphatic heterocycles. The van der Waals surface area contributed by atoms with Gasteiger partial charge >= 0.3 is 0 Å². The van der Waals surface area contributed by atoms with E-state index in [1.807, 2.05) is 11.5 Å². The Kier molecular flexibility index (Phi) is 3.38. The number of aromatic amines is 1. The summed E-state index contributed by atoms with van der Waals surface area (Å²) in [6, 6.07) is 0. The van der Waals surface area contributed by atoms with Gasteiger partial charge in [0.1, 0.15) is 11.3 Å². The van der Waals surface area contributed by atoms with Crippen molar-refractivity contribution in [1.82, 2.24) is 24.7 Å². The van der Waals surface area contributed by atoms with Crippen molar-refractivity contribution in [3.05, 3.63) is 33.9 Å². The molecule has 2 N–H and O–H groups in total. The highest BCUT2D eigenvalue weighted by Gasteiger charge is 2.07. The van der Waals surface area contributed by atoms with Crippen LogP contribution in [0.1, 0.15) is 12.7 Å². The monoisotopic (exact) mass is 254 g/mol. The first-order valence-corrected chi connectivity index (χ1v) is 5.44. The van der Waals surface area contributed by atoms with E-state index in [-0.39, 0.29) is 10.6 Å². The highest BCUT2D eigenvalue weighted by atomic mass is 35.5. The fraction of sp³-hybridized carbons (Fsp3) is 0.333. The topological polar surface area (TPSA) is 88.5 Å². The van der Waals surface area contributed by atoms with Crippen LogP contribution in [-0.4, -0.2) is 24.7 Å². The molecule has 0 saturated heterocycles. The van der Waals surface area contributed by atoms with E-state index >= 15 is 0 Å². The van der Waals surface area contributed by atoms with Crippen LogP contribution in [0.25, 0.3) is 0 Å². The number of rotatable bonds is 4. The summed E-state index contributed by atoms with van der Waals surface area (Å²) in [5.74, 6) is 1.09. The summed E-state index contributed by atoms with van der Waals surface area (Å²) in [6.07, 6.45) is 2.94. The highest BCUT2D eigenvalue weighted by Crippen LogP contribution is 2.12. The Morgan fingerprint density at radius 1 is 1.59 bits per heavy atom. The van der Waals surface area contributed by atoms with Gasteiger partial charge in [0.25, 0.3) is 5.56 Å². The van der Waals surface area contributed by atoms with Crippen LogP contribution in [0.3, 0.4) is 0 Å². The zero-order valence-corrected chi connectivity index (χ0v) is 9.90. The SMILES string of the molecule is CCn1cnnc1CNc1nc[nH]c(=O)c1Cl. The Morgan fingerprint density at radius 3 is 3.18 bits per heavy atom. The number of hydrogen-bond donors (Lipinski definition) is 2. The van der Waals surface area contributed by atoms with Crippen LogP contribution in [0.15, 0.2) is 17.4 Å². The van der Waals surface area contributed by atoms with Crippen LogP contribution in [0.5, 0.6) is 0 Å². The molecule has 7 nitrogen and oxygen atoms in total. The van der Waals surface area contributed by atoms with E-state index in [9.17, 15) is 4.79 Å². The predicted octanol–water partition coefficient (Wildman–Crippen LogP) is 0.647. The molecular weight excluding hydrogens is 244 g/mol. The molecule has 0 saturated carbocycles. The lowest BCUT2D eigenvalue weighted by Crippen LogP contribution is -2.13. The molecule has 17 heavy (non-hydrogen) atoms. The third kappa shape index (κ3) is 2.44. The number of hydrogen-bond acceptors (Lipinski definition) is 5. The van der Waals surface area contributed by atoms with Crippen molar-refractivity contribution in [3.63, 3.8) is 0 Å². The van der Waals surface area contributed by atoms with Crippen molar-refractivity contribution in [2.45, 2.75) is 20.0 Å². The second-order valence-corrected chi connectivity index (χ2v) is 3.66. The normalized spacial score (nSPS) is 10.5. The van der Waals surface area contributed by atoms with E-state index in [1.165, 1.54) is 6.33 Å². The summed E-state index contributed by atoms with van der Waals surface area (Å²) in [4.78, 5) is 17.5. The molecule has 2 heterocycles. The van der Waals surface area contributed by atoms with E-state index in [0.717, 1.165) is 12.4 Å². The second kappa shape index (κ2) is 4.96. The smallest absolute Gasteiger partial charge is 0.271 e. The zero-order chi connectivity index (χ0) is 12.3. The molecule has 8 heteroatoms. The molecule has 0 aliphatic carbocycles. The van der Waals surface area contributed by atoms with Crippen molar-refractivity contribution < 1.29 is 0 Å². The van der Waals surface area contributed by atoms with Crippen LogP contribution < -0.4 is 10.9 Å². The number of H-pyrrole nitrogens is 1. The molecule has 0 radical (unpaired) electrons. The maximum Gasteiger partial charge on any atom is 0.271 e. The molecular formula is C9H11ClN6O. The third-order valence-electron chi connectivity index (χ3n) is 2.25. The average Bonchev–Trinajstić information content (AvgIpc) is 2.78. The van der Waals surface area contributed by atoms with Crippen molar-refractivity contribution in [2.24, 2.45) is 0 Å². The molecule has 0 aromatic carbocycles. The van der Waals surface area contributed by atoms with Gasteiger partial charge in [0.15, 0.2) is 11.6 Å². The van der Waals surface area contributed by atoms with E-state index in [4.69, 9.17) is 11.6 Å². The molecule has 2 aromatic heterocycles. The van der Waals surface area contributed by atoms with Gasteiger partial charge in [-0.3, -0.25) is 4.79 Å². The maximum absolute atomic E-state index is 11.2. The summed E-state index contributed by atoms with van der Waals surface area (Å²) >= 11 is 5.80. The summed E-state index contributed by atoms with van der Waals surface area (Å²) in [6.45, 7) is 3.18. The van der Waals surface area contributed by atoms with E-state index in [2.05, 4.69) is 25.5 Å². The van der Waals surface area contributed by atoms with Gasteiger partial charge < -0.3 is 14.9 Å². The van der Waals surface area contributed by atoms with Gasteiger partial charge in [-0.15, -0.1) is 10.2 Å². The van der Waals surface area contributed by atoms with Crippen LogP contribution in [0.4, 0.5) is 5.82 Å². The molecule has 0 fully saturated rings. The fourth-order valence-electron chi connectivity index (χ4n) is 1.35. The van der Waals surface area contributed by atoms with Crippen LogP contribution in [0.2, 0.25) is 5.02 Å². The van der Waals surface area contributed by atoms with Gasteiger partial charge in [-0.2, -0.15) is 0 Å². The van der Waals surface area contributed by atoms with Crippen molar-refractivity contribution in [2.75, 3.05) is 5.32 Å². The Hall–Kier alpha value is -1.89. The minimum Gasteiger partial charge on any atom is -0.361 e. The minimum atomic E-state index is -0.374. The Bertz CT molecular complexity index is 563. The molecule has 0 spiro atoms. The maximum atomic E-state index is 11.2. The van der Waals surface area contributed by atoms with Gasteiger partial charge in [-0.05, 0) is 6.92 Å².